The van der Waals surface area contributed by atoms with Crippen molar-refractivity contribution in [3.05, 3.63) is 23.4 Å². The summed E-state index contributed by atoms with van der Waals surface area (Å²) in [7, 11) is 0. The molecule has 0 aliphatic rings. The van der Waals surface area contributed by atoms with Gasteiger partial charge >= 0.3 is 11.9 Å². The standard InChI is InChI=1S/C11H11N3O4/c1-6-7(5-12)2-3-9(13-6)14-8(11(17)18)4-10(15)16/h2-3,8H,4H2,1H3,(H,13,14)(H,15,16)(H,17,18)/t8-/m1/s1. The van der Waals surface area contributed by atoms with Gasteiger partial charge in [-0.2, -0.15) is 5.26 Å². The van der Waals surface area contributed by atoms with Crippen LogP contribution >= 0.6 is 0 Å². The summed E-state index contributed by atoms with van der Waals surface area (Å²) in [6.07, 6.45) is -0.559. The first-order chi connectivity index (χ1) is 8.43. The topological polar surface area (TPSA) is 123 Å². The molecule has 7 nitrogen and oxygen atoms in total. The van der Waals surface area contributed by atoms with Gasteiger partial charge in [0, 0.05) is 0 Å². The number of anilines is 1. The minimum Gasteiger partial charge on any atom is -0.481 e. The summed E-state index contributed by atoms with van der Waals surface area (Å²) in [6.45, 7) is 1.61. The van der Waals surface area contributed by atoms with Crippen LogP contribution in [0.5, 0.6) is 0 Å². The summed E-state index contributed by atoms with van der Waals surface area (Å²) in [5.74, 6) is -2.28. The first-order valence-electron chi connectivity index (χ1n) is 5.03. The fourth-order valence-electron chi connectivity index (χ4n) is 1.31. The second-order valence-corrected chi connectivity index (χ2v) is 3.57. The number of carboxylic acids is 2. The summed E-state index contributed by atoms with van der Waals surface area (Å²) >= 11 is 0. The number of pyridine rings is 1. The molecular weight excluding hydrogens is 238 g/mol. The Hall–Kier alpha value is -2.62. The van der Waals surface area contributed by atoms with Crippen molar-refractivity contribution in [2.45, 2.75) is 19.4 Å². The molecule has 0 aliphatic carbocycles. The number of rotatable bonds is 5. The molecule has 0 radical (unpaired) electrons. The van der Waals surface area contributed by atoms with Crippen molar-refractivity contribution in [2.75, 3.05) is 5.32 Å². The second kappa shape index (κ2) is 5.63. The minimum absolute atomic E-state index is 0.222. The Balaban J connectivity index is 2.88. The third-order valence-electron chi connectivity index (χ3n) is 2.21. The molecule has 1 aromatic heterocycles. The molecule has 1 aromatic rings. The molecule has 0 bridgehead atoms. The normalized spacial score (nSPS) is 11.3. The highest BCUT2D eigenvalue weighted by atomic mass is 16.4. The largest absolute Gasteiger partial charge is 0.481 e. The summed E-state index contributed by atoms with van der Waals surface area (Å²) in [5.41, 5.74) is 0.827. The fraction of sp³-hybridized carbons (Fsp3) is 0.273. The average Bonchev–Trinajstić information content (AvgIpc) is 2.27. The lowest BCUT2D eigenvalue weighted by atomic mass is 10.2. The number of aryl methyl sites for hydroxylation is 1. The van der Waals surface area contributed by atoms with E-state index in [2.05, 4.69) is 10.3 Å². The molecule has 0 spiro atoms. The minimum atomic E-state index is -1.28. The first kappa shape index (κ1) is 13.4. The van der Waals surface area contributed by atoms with Crippen LogP contribution < -0.4 is 5.32 Å². The number of nitrogens with one attached hydrogen (secondary N) is 1. The summed E-state index contributed by atoms with van der Waals surface area (Å²) < 4.78 is 0. The maximum absolute atomic E-state index is 10.8. The molecule has 3 N–H and O–H groups in total. The Bertz CT molecular complexity index is 522. The number of hydrogen-bond acceptors (Lipinski definition) is 5. The van der Waals surface area contributed by atoms with E-state index in [1.54, 1.807) is 6.92 Å². The van der Waals surface area contributed by atoms with Gasteiger partial charge in [-0.1, -0.05) is 0 Å². The first-order valence-corrected chi connectivity index (χ1v) is 5.03. The SMILES string of the molecule is Cc1nc(N[C@H](CC(=O)O)C(=O)O)ccc1C#N. The number of nitrogens with zero attached hydrogens (tertiary/aromatic N) is 2. The van der Waals surface area contributed by atoms with Gasteiger partial charge in [0.2, 0.25) is 0 Å². The summed E-state index contributed by atoms with van der Waals surface area (Å²) in [6, 6.07) is 3.59. The summed E-state index contributed by atoms with van der Waals surface area (Å²) in [4.78, 5) is 25.3. The van der Waals surface area contributed by atoms with Crippen LogP contribution in [0.2, 0.25) is 0 Å². The van der Waals surface area contributed by atoms with E-state index in [1.165, 1.54) is 12.1 Å². The Morgan fingerprint density at radius 3 is 2.61 bits per heavy atom. The Morgan fingerprint density at radius 2 is 2.17 bits per heavy atom. The van der Waals surface area contributed by atoms with Gasteiger partial charge in [0.15, 0.2) is 0 Å². The van der Waals surface area contributed by atoms with Gasteiger partial charge in [-0.3, -0.25) is 4.79 Å². The van der Waals surface area contributed by atoms with E-state index in [0.29, 0.717) is 11.3 Å². The van der Waals surface area contributed by atoms with Crippen LogP contribution in [0.15, 0.2) is 12.1 Å². The maximum Gasteiger partial charge on any atom is 0.326 e. The molecule has 7 heteroatoms. The number of nitriles is 1. The highest BCUT2D eigenvalue weighted by Gasteiger charge is 2.21. The fourth-order valence-corrected chi connectivity index (χ4v) is 1.31. The van der Waals surface area contributed by atoms with Crippen molar-refractivity contribution in [3.63, 3.8) is 0 Å². The predicted octanol–water partition coefficient (Wildman–Crippen LogP) is 0.601. The maximum atomic E-state index is 10.8. The van der Waals surface area contributed by atoms with Crippen molar-refractivity contribution >= 4 is 17.8 Å². The zero-order chi connectivity index (χ0) is 13.7. The zero-order valence-corrected chi connectivity index (χ0v) is 9.54. The Kier molecular flexibility index (Phi) is 4.21. The molecule has 0 aliphatic heterocycles. The molecule has 0 fully saturated rings. The molecule has 0 aromatic carbocycles. The zero-order valence-electron chi connectivity index (χ0n) is 9.54. The molecule has 1 heterocycles. The van der Waals surface area contributed by atoms with Crippen LogP contribution in [0.3, 0.4) is 0 Å². The number of aliphatic carboxylic acids is 2. The molecule has 1 rings (SSSR count). The number of aromatic nitrogens is 1. The molecule has 0 saturated heterocycles. The highest BCUT2D eigenvalue weighted by Crippen LogP contribution is 2.11. The van der Waals surface area contributed by atoms with Crippen LogP contribution in [0.1, 0.15) is 17.7 Å². The Morgan fingerprint density at radius 1 is 1.50 bits per heavy atom. The molecule has 1 atom stereocenters. The van der Waals surface area contributed by atoms with Crippen molar-refractivity contribution in [2.24, 2.45) is 0 Å². The monoisotopic (exact) mass is 249 g/mol. The van der Waals surface area contributed by atoms with Gasteiger partial charge in [0.1, 0.15) is 17.9 Å². The molecule has 18 heavy (non-hydrogen) atoms. The van der Waals surface area contributed by atoms with Crippen LogP contribution in [0.25, 0.3) is 0 Å². The van der Waals surface area contributed by atoms with E-state index in [0.717, 1.165) is 0 Å². The van der Waals surface area contributed by atoms with E-state index >= 15 is 0 Å². The second-order valence-electron chi connectivity index (χ2n) is 3.57. The smallest absolute Gasteiger partial charge is 0.326 e. The molecular formula is C11H11N3O4. The quantitative estimate of drug-likeness (QED) is 0.698. The van der Waals surface area contributed by atoms with Crippen LogP contribution in [0, 0.1) is 18.3 Å². The number of hydrogen-bond donors (Lipinski definition) is 3. The Labute approximate surface area is 103 Å². The third-order valence-corrected chi connectivity index (χ3v) is 2.21. The lowest BCUT2D eigenvalue weighted by molar-refractivity contribution is -0.144. The molecule has 0 amide bonds. The molecule has 0 saturated carbocycles. The lowest BCUT2D eigenvalue weighted by Crippen LogP contribution is -2.32. The van der Waals surface area contributed by atoms with E-state index in [9.17, 15) is 9.59 Å². The van der Waals surface area contributed by atoms with Gasteiger partial charge in [0.25, 0.3) is 0 Å². The number of carbonyl (C=O) groups is 2. The average molecular weight is 249 g/mol. The van der Waals surface area contributed by atoms with Crippen molar-refractivity contribution in [1.82, 2.24) is 4.98 Å². The van der Waals surface area contributed by atoms with Crippen LogP contribution in [0.4, 0.5) is 5.82 Å². The van der Waals surface area contributed by atoms with Crippen LogP contribution in [-0.2, 0) is 9.59 Å². The van der Waals surface area contributed by atoms with Crippen molar-refractivity contribution in [3.8, 4) is 6.07 Å². The summed E-state index contributed by atoms with van der Waals surface area (Å²) in [5, 5.41) is 28.6. The lowest BCUT2D eigenvalue weighted by Gasteiger charge is -2.13. The van der Waals surface area contributed by atoms with Gasteiger partial charge in [-0.15, -0.1) is 0 Å². The van der Waals surface area contributed by atoms with Gasteiger partial charge < -0.3 is 15.5 Å². The van der Waals surface area contributed by atoms with Gasteiger partial charge in [-0.25, -0.2) is 9.78 Å². The molecule has 94 valence electrons. The van der Waals surface area contributed by atoms with Crippen molar-refractivity contribution in [1.29, 1.82) is 5.26 Å². The van der Waals surface area contributed by atoms with E-state index < -0.39 is 24.4 Å². The van der Waals surface area contributed by atoms with Crippen LogP contribution in [-0.4, -0.2) is 33.2 Å². The van der Waals surface area contributed by atoms with Gasteiger partial charge in [0.05, 0.1) is 17.7 Å². The highest BCUT2D eigenvalue weighted by molar-refractivity contribution is 5.83. The third kappa shape index (κ3) is 3.45. The van der Waals surface area contributed by atoms with E-state index in [4.69, 9.17) is 15.5 Å². The van der Waals surface area contributed by atoms with Crippen molar-refractivity contribution < 1.29 is 19.8 Å². The number of carboxylic acid groups (broad SMARTS) is 2. The van der Waals surface area contributed by atoms with E-state index in [1.807, 2.05) is 6.07 Å². The molecule has 0 unspecified atom stereocenters. The van der Waals surface area contributed by atoms with E-state index in [-0.39, 0.29) is 5.82 Å². The van der Waals surface area contributed by atoms with Gasteiger partial charge in [-0.05, 0) is 19.1 Å². The predicted molar refractivity (Wildman–Crippen MR) is 61.0 cm³/mol.